The van der Waals surface area contributed by atoms with E-state index in [1.807, 2.05) is 0 Å². The second kappa shape index (κ2) is 11.9. The lowest BCUT2D eigenvalue weighted by Gasteiger charge is -2.22. The largest absolute Gasteiger partial charge is 0.330 e. The van der Waals surface area contributed by atoms with Crippen LogP contribution in [0.1, 0.15) is 46.0 Å². The van der Waals surface area contributed by atoms with E-state index in [-0.39, 0.29) is 0 Å². The first-order chi connectivity index (χ1) is 8.63. The van der Waals surface area contributed by atoms with Gasteiger partial charge in [-0.3, -0.25) is 0 Å². The summed E-state index contributed by atoms with van der Waals surface area (Å²) >= 11 is 0. The predicted molar refractivity (Wildman–Crippen MR) is 82.0 cm³/mol. The summed E-state index contributed by atoms with van der Waals surface area (Å²) < 4.78 is 0. The van der Waals surface area contributed by atoms with Gasteiger partial charge in [0.2, 0.25) is 0 Å². The molecule has 0 bridgehead atoms. The van der Waals surface area contributed by atoms with E-state index in [0.29, 0.717) is 0 Å². The SMILES string of the molecule is CCC(CCN)CCCN(CC)CCCN(C)C. The highest BCUT2D eigenvalue weighted by molar-refractivity contribution is 4.62. The first-order valence-electron chi connectivity index (χ1n) is 7.71. The molecule has 0 aromatic heterocycles. The third-order valence-electron chi connectivity index (χ3n) is 3.77. The molecule has 0 aliphatic carbocycles. The first-order valence-corrected chi connectivity index (χ1v) is 7.71. The molecule has 0 aromatic rings. The Labute approximate surface area is 115 Å². The molecule has 110 valence electrons. The fourth-order valence-corrected chi connectivity index (χ4v) is 2.43. The number of hydrogen-bond donors (Lipinski definition) is 1. The highest BCUT2D eigenvalue weighted by Gasteiger charge is 2.07. The molecule has 0 aliphatic heterocycles. The molecule has 0 aliphatic rings. The summed E-state index contributed by atoms with van der Waals surface area (Å²) in [6, 6.07) is 0. The first kappa shape index (κ1) is 17.9. The van der Waals surface area contributed by atoms with Crippen molar-refractivity contribution >= 4 is 0 Å². The Bertz CT molecular complexity index is 171. The standard InChI is InChI=1S/C15H35N3/c1-5-15(10-11-16)9-7-13-18(6-2)14-8-12-17(3)4/h15H,5-14,16H2,1-4H3. The molecule has 0 heterocycles. The van der Waals surface area contributed by atoms with Crippen molar-refractivity contribution < 1.29 is 0 Å². The Morgan fingerprint density at radius 2 is 1.61 bits per heavy atom. The highest BCUT2D eigenvalue weighted by atomic mass is 15.1. The van der Waals surface area contributed by atoms with Gasteiger partial charge < -0.3 is 15.5 Å². The second-order valence-electron chi connectivity index (χ2n) is 5.58. The van der Waals surface area contributed by atoms with E-state index < -0.39 is 0 Å². The van der Waals surface area contributed by atoms with Gasteiger partial charge in [0.05, 0.1) is 0 Å². The van der Waals surface area contributed by atoms with Crippen molar-refractivity contribution in [2.75, 3.05) is 46.8 Å². The van der Waals surface area contributed by atoms with Crippen LogP contribution in [0.3, 0.4) is 0 Å². The Morgan fingerprint density at radius 1 is 0.944 bits per heavy atom. The van der Waals surface area contributed by atoms with Gasteiger partial charge in [-0.2, -0.15) is 0 Å². The fourth-order valence-electron chi connectivity index (χ4n) is 2.43. The van der Waals surface area contributed by atoms with Gasteiger partial charge in [0, 0.05) is 0 Å². The summed E-state index contributed by atoms with van der Waals surface area (Å²) in [7, 11) is 4.30. The zero-order chi connectivity index (χ0) is 13.8. The normalized spacial score (nSPS) is 13.5. The molecule has 0 radical (unpaired) electrons. The van der Waals surface area contributed by atoms with Crippen molar-refractivity contribution in [2.24, 2.45) is 11.7 Å². The van der Waals surface area contributed by atoms with Crippen LogP contribution in [0.15, 0.2) is 0 Å². The average molecular weight is 257 g/mol. The van der Waals surface area contributed by atoms with Crippen molar-refractivity contribution in [3.8, 4) is 0 Å². The van der Waals surface area contributed by atoms with E-state index in [4.69, 9.17) is 5.73 Å². The smallest absolute Gasteiger partial charge is 0.000667 e. The van der Waals surface area contributed by atoms with Crippen LogP contribution in [0.2, 0.25) is 0 Å². The average Bonchev–Trinajstić information content (AvgIpc) is 2.35. The molecule has 1 unspecified atom stereocenters. The predicted octanol–water partition coefficient (Wildman–Crippen LogP) is 2.42. The van der Waals surface area contributed by atoms with E-state index in [1.165, 1.54) is 58.3 Å². The molecule has 3 nitrogen and oxygen atoms in total. The zero-order valence-electron chi connectivity index (χ0n) is 13.1. The molecule has 0 fully saturated rings. The van der Waals surface area contributed by atoms with Crippen molar-refractivity contribution in [3.63, 3.8) is 0 Å². The lowest BCUT2D eigenvalue weighted by atomic mass is 9.96. The minimum Gasteiger partial charge on any atom is -0.330 e. The van der Waals surface area contributed by atoms with Crippen LogP contribution in [0.4, 0.5) is 0 Å². The van der Waals surface area contributed by atoms with Gasteiger partial charge in [-0.25, -0.2) is 0 Å². The van der Waals surface area contributed by atoms with Crippen molar-refractivity contribution in [2.45, 2.75) is 46.0 Å². The monoisotopic (exact) mass is 257 g/mol. The quantitative estimate of drug-likeness (QED) is 0.583. The number of nitrogens with two attached hydrogens (primary N) is 1. The third-order valence-corrected chi connectivity index (χ3v) is 3.77. The van der Waals surface area contributed by atoms with E-state index in [2.05, 4.69) is 37.7 Å². The van der Waals surface area contributed by atoms with Gasteiger partial charge in [0.25, 0.3) is 0 Å². The van der Waals surface area contributed by atoms with Gasteiger partial charge in [-0.15, -0.1) is 0 Å². The molecule has 2 N–H and O–H groups in total. The molecule has 0 spiro atoms. The minimum atomic E-state index is 0.843. The maximum atomic E-state index is 5.64. The molecule has 0 amide bonds. The summed E-state index contributed by atoms with van der Waals surface area (Å²) in [6.07, 6.45) is 6.43. The molecular weight excluding hydrogens is 222 g/mol. The van der Waals surface area contributed by atoms with Crippen molar-refractivity contribution in [1.82, 2.24) is 9.80 Å². The van der Waals surface area contributed by atoms with Crippen LogP contribution in [0.25, 0.3) is 0 Å². The molecule has 18 heavy (non-hydrogen) atoms. The maximum absolute atomic E-state index is 5.64. The Hall–Kier alpha value is -0.120. The van der Waals surface area contributed by atoms with E-state index in [9.17, 15) is 0 Å². The van der Waals surface area contributed by atoms with Gasteiger partial charge in [-0.1, -0.05) is 20.3 Å². The van der Waals surface area contributed by atoms with Crippen molar-refractivity contribution in [1.29, 1.82) is 0 Å². The summed E-state index contributed by atoms with van der Waals surface area (Å²) in [6.45, 7) is 10.3. The summed E-state index contributed by atoms with van der Waals surface area (Å²) in [5.74, 6) is 0.843. The lowest BCUT2D eigenvalue weighted by Crippen LogP contribution is -2.28. The molecule has 0 saturated heterocycles. The summed E-state index contributed by atoms with van der Waals surface area (Å²) in [5.41, 5.74) is 5.64. The molecule has 0 saturated carbocycles. The van der Waals surface area contributed by atoms with E-state index >= 15 is 0 Å². The topological polar surface area (TPSA) is 32.5 Å². The Kier molecular flexibility index (Phi) is 11.9. The van der Waals surface area contributed by atoms with Crippen LogP contribution in [0, 0.1) is 5.92 Å². The minimum absolute atomic E-state index is 0.843. The molecule has 3 heteroatoms. The molecule has 0 rings (SSSR count). The van der Waals surface area contributed by atoms with Gasteiger partial charge in [-0.05, 0) is 78.4 Å². The highest BCUT2D eigenvalue weighted by Crippen LogP contribution is 2.14. The second-order valence-corrected chi connectivity index (χ2v) is 5.58. The van der Waals surface area contributed by atoms with E-state index in [1.54, 1.807) is 0 Å². The van der Waals surface area contributed by atoms with E-state index in [0.717, 1.165) is 12.5 Å². The Morgan fingerprint density at radius 3 is 2.11 bits per heavy atom. The maximum Gasteiger partial charge on any atom is -0.000667 e. The zero-order valence-corrected chi connectivity index (χ0v) is 13.1. The summed E-state index contributed by atoms with van der Waals surface area (Å²) in [5, 5.41) is 0. The number of hydrogen-bond acceptors (Lipinski definition) is 3. The number of rotatable bonds is 12. The van der Waals surface area contributed by atoms with Crippen LogP contribution in [0.5, 0.6) is 0 Å². The van der Waals surface area contributed by atoms with Crippen LogP contribution >= 0.6 is 0 Å². The van der Waals surface area contributed by atoms with Gasteiger partial charge in [0.15, 0.2) is 0 Å². The lowest BCUT2D eigenvalue weighted by molar-refractivity contribution is 0.253. The fraction of sp³-hybridized carbons (Fsp3) is 1.00. The van der Waals surface area contributed by atoms with Crippen molar-refractivity contribution in [3.05, 3.63) is 0 Å². The molecule has 1 atom stereocenters. The summed E-state index contributed by atoms with van der Waals surface area (Å²) in [4.78, 5) is 4.85. The Balaban J connectivity index is 3.65. The van der Waals surface area contributed by atoms with Gasteiger partial charge >= 0.3 is 0 Å². The van der Waals surface area contributed by atoms with Crippen LogP contribution in [-0.4, -0.2) is 56.6 Å². The third kappa shape index (κ3) is 9.86. The van der Waals surface area contributed by atoms with Crippen LogP contribution < -0.4 is 5.73 Å². The van der Waals surface area contributed by atoms with Gasteiger partial charge in [0.1, 0.15) is 0 Å². The molecule has 0 aromatic carbocycles. The number of nitrogens with zero attached hydrogens (tertiary/aromatic N) is 2. The molecular formula is C15H35N3. The van der Waals surface area contributed by atoms with Crippen LogP contribution in [-0.2, 0) is 0 Å².